The van der Waals surface area contributed by atoms with Crippen LogP contribution in [0, 0.1) is 16.7 Å². The second-order valence-electron chi connectivity index (χ2n) is 17.7. The first-order chi connectivity index (χ1) is 25.1. The molecule has 5 saturated carbocycles. The lowest BCUT2D eigenvalue weighted by Crippen LogP contribution is -2.42. The summed E-state index contributed by atoms with van der Waals surface area (Å²) in [7, 11) is -6.94. The molecule has 5 fully saturated rings. The van der Waals surface area contributed by atoms with Gasteiger partial charge in [0.1, 0.15) is 5.78 Å². The van der Waals surface area contributed by atoms with Crippen LogP contribution in [0.1, 0.15) is 164 Å². The van der Waals surface area contributed by atoms with Gasteiger partial charge in [0.05, 0.1) is 11.2 Å². The van der Waals surface area contributed by atoms with E-state index in [2.05, 4.69) is 86.6 Å². The van der Waals surface area contributed by atoms with E-state index >= 15 is 0 Å². The summed E-state index contributed by atoms with van der Waals surface area (Å²) < 4.78 is 36.8. The van der Waals surface area contributed by atoms with Gasteiger partial charge in [0.2, 0.25) is 0 Å². The molecule has 0 heterocycles. The van der Waals surface area contributed by atoms with Gasteiger partial charge < -0.3 is 0 Å². The van der Waals surface area contributed by atoms with Gasteiger partial charge in [-0.1, -0.05) is 108 Å². The molecule has 280 valence electrons. The van der Waals surface area contributed by atoms with Crippen LogP contribution in [0.25, 0.3) is 0 Å². The van der Waals surface area contributed by atoms with E-state index in [1.54, 1.807) is 0 Å². The van der Waals surface area contributed by atoms with Crippen LogP contribution < -0.4 is 0 Å². The Bertz CT molecular complexity index is 1660. The minimum Gasteiger partial charge on any atom is -0.299 e. The van der Waals surface area contributed by atoms with Gasteiger partial charge in [-0.05, 0) is 144 Å². The second-order valence-corrected chi connectivity index (χ2v) is 22.2. The normalized spacial score (nSPS) is 26.5. The van der Waals surface area contributed by atoms with Gasteiger partial charge in [0, 0.05) is 21.1 Å². The molecule has 0 amide bonds. The van der Waals surface area contributed by atoms with E-state index in [0.29, 0.717) is 30.6 Å². The number of carbonyl (C=O) groups is 1. The summed E-state index contributed by atoms with van der Waals surface area (Å²) in [5.74, 6) is 1.73. The van der Waals surface area contributed by atoms with E-state index in [-0.39, 0.29) is 22.9 Å². The SMILES string of the molecule is CC1(C)C2CCC1(CS(=O)(=O)OS(c1ccc(C3CCCCC3)cc1)(c1ccc(C3CCCCC3)cc1)c1ccc(C3CCCCC3)cc1)C(=O)C2. The standard InChI is InChI=1S/C46H60O4S2/c1-45(2)40-30-31-46(45,44(47)32-40)33-51(48,49)50-52(41-24-18-37(19-25-41)34-12-6-3-7-13-34,42-26-20-38(21-27-42)35-14-8-4-9-15-35)43-28-22-39(23-29-43)36-16-10-5-11-17-36/h18-29,34-36,40H,3-17,30-33H2,1-2H3. The van der Waals surface area contributed by atoms with Crippen molar-refractivity contribution in [3.05, 3.63) is 89.5 Å². The minimum atomic E-state index is -4.19. The van der Waals surface area contributed by atoms with Crippen LogP contribution in [0.2, 0.25) is 0 Å². The quantitative estimate of drug-likeness (QED) is 0.208. The third-order valence-corrected chi connectivity index (χ3v) is 19.9. The first-order valence-electron chi connectivity index (χ1n) is 20.7. The van der Waals surface area contributed by atoms with Crippen LogP contribution in [-0.2, 0) is 18.5 Å². The maximum atomic E-state index is 14.9. The largest absolute Gasteiger partial charge is 0.299 e. The summed E-state index contributed by atoms with van der Waals surface area (Å²) in [6, 6.07) is 26.5. The third-order valence-electron chi connectivity index (χ3n) is 14.6. The molecule has 52 heavy (non-hydrogen) atoms. The van der Waals surface area contributed by atoms with Crippen molar-refractivity contribution < 1.29 is 16.8 Å². The van der Waals surface area contributed by atoms with E-state index in [1.165, 1.54) is 113 Å². The average molecular weight is 741 g/mol. The molecular formula is C46H60O4S2. The van der Waals surface area contributed by atoms with Crippen LogP contribution in [-0.4, -0.2) is 20.0 Å². The Kier molecular flexibility index (Phi) is 10.3. The zero-order chi connectivity index (χ0) is 36.0. The molecule has 0 N–H and O–H groups in total. The number of hydrogen-bond donors (Lipinski definition) is 0. The van der Waals surface area contributed by atoms with E-state index in [9.17, 15) is 13.2 Å². The molecule has 0 aromatic heterocycles. The Balaban J connectivity index is 1.26. The van der Waals surface area contributed by atoms with Crippen LogP contribution >= 0.6 is 10.3 Å². The van der Waals surface area contributed by atoms with Crippen molar-refractivity contribution in [2.24, 2.45) is 16.7 Å². The smallest absolute Gasteiger partial charge is 0.278 e. The average Bonchev–Trinajstić information content (AvgIpc) is 3.53. The van der Waals surface area contributed by atoms with Crippen molar-refractivity contribution in [2.45, 2.75) is 162 Å². The molecule has 2 atom stereocenters. The number of ketones is 1. The summed E-state index contributed by atoms with van der Waals surface area (Å²) in [6.45, 7) is 4.23. The highest BCUT2D eigenvalue weighted by atomic mass is 32.3. The number of Topliss-reactive ketones (excluding diaryl/α,β-unsaturated/α-hetero) is 1. The summed E-state index contributed by atoms with van der Waals surface area (Å²) in [4.78, 5) is 16.4. The van der Waals surface area contributed by atoms with Crippen LogP contribution in [0.3, 0.4) is 0 Å². The Morgan fingerprint density at radius 1 is 0.558 bits per heavy atom. The molecule has 2 bridgehead atoms. The highest BCUT2D eigenvalue weighted by Crippen LogP contribution is 2.71. The van der Waals surface area contributed by atoms with Gasteiger partial charge >= 0.3 is 0 Å². The van der Waals surface area contributed by atoms with Crippen molar-refractivity contribution in [1.82, 2.24) is 0 Å². The van der Waals surface area contributed by atoms with Crippen molar-refractivity contribution in [3.8, 4) is 0 Å². The van der Waals surface area contributed by atoms with Crippen molar-refractivity contribution in [1.29, 1.82) is 0 Å². The zero-order valence-corrected chi connectivity index (χ0v) is 33.3. The van der Waals surface area contributed by atoms with Crippen LogP contribution in [0.4, 0.5) is 0 Å². The molecule has 4 nitrogen and oxygen atoms in total. The Morgan fingerprint density at radius 2 is 0.923 bits per heavy atom. The monoisotopic (exact) mass is 740 g/mol. The summed E-state index contributed by atoms with van der Waals surface area (Å²) in [6.07, 6.45) is 20.8. The highest BCUT2D eigenvalue weighted by Gasteiger charge is 2.66. The van der Waals surface area contributed by atoms with Crippen molar-refractivity contribution in [2.75, 3.05) is 5.75 Å². The van der Waals surface area contributed by atoms with E-state index in [0.717, 1.165) is 21.1 Å². The lowest BCUT2D eigenvalue weighted by Gasteiger charge is -2.42. The summed E-state index contributed by atoms with van der Waals surface area (Å²) >= 11 is 0. The Labute approximate surface area is 315 Å². The van der Waals surface area contributed by atoms with Crippen LogP contribution in [0.5, 0.6) is 0 Å². The number of rotatable bonds is 10. The topological polar surface area (TPSA) is 60.4 Å². The van der Waals surface area contributed by atoms with Crippen LogP contribution in [0.15, 0.2) is 87.5 Å². The van der Waals surface area contributed by atoms with Gasteiger partial charge in [-0.3, -0.25) is 4.79 Å². The van der Waals surface area contributed by atoms with Gasteiger partial charge in [-0.25, -0.2) is 3.63 Å². The minimum absolute atomic E-state index is 0.104. The maximum Gasteiger partial charge on any atom is 0.278 e. The van der Waals surface area contributed by atoms with E-state index in [4.69, 9.17) is 3.63 Å². The molecule has 0 aliphatic heterocycles. The number of hydrogen-bond acceptors (Lipinski definition) is 4. The number of fused-ring (bicyclic) bond motifs is 2. The van der Waals surface area contributed by atoms with Crippen molar-refractivity contribution in [3.63, 3.8) is 0 Å². The number of benzene rings is 3. The van der Waals surface area contributed by atoms with Gasteiger partial charge in [0.25, 0.3) is 10.1 Å². The fourth-order valence-corrected chi connectivity index (χ4v) is 17.3. The van der Waals surface area contributed by atoms with E-state index < -0.39 is 25.8 Å². The second kappa shape index (κ2) is 14.7. The molecular weight excluding hydrogens is 681 g/mol. The lowest BCUT2D eigenvalue weighted by atomic mass is 9.70. The van der Waals surface area contributed by atoms with Gasteiger partial charge in [-0.15, -0.1) is 0 Å². The lowest BCUT2D eigenvalue weighted by molar-refractivity contribution is -0.128. The molecule has 0 radical (unpaired) electrons. The third kappa shape index (κ3) is 6.65. The maximum absolute atomic E-state index is 14.9. The molecule has 0 saturated heterocycles. The zero-order valence-electron chi connectivity index (χ0n) is 31.6. The van der Waals surface area contributed by atoms with Crippen molar-refractivity contribution >= 4 is 26.2 Å². The predicted octanol–water partition coefficient (Wildman–Crippen LogP) is 12.8. The summed E-state index contributed by atoms with van der Waals surface area (Å²) in [5, 5.41) is 0. The Morgan fingerprint density at radius 3 is 1.23 bits per heavy atom. The van der Waals surface area contributed by atoms with Gasteiger partial charge in [-0.2, -0.15) is 8.42 Å². The molecule has 3 aromatic rings. The predicted molar refractivity (Wildman–Crippen MR) is 213 cm³/mol. The van der Waals surface area contributed by atoms with Gasteiger partial charge in [0.15, 0.2) is 0 Å². The molecule has 5 aliphatic carbocycles. The molecule has 8 rings (SSSR count). The van der Waals surface area contributed by atoms with E-state index in [1.807, 2.05) is 0 Å². The first-order valence-corrected chi connectivity index (χ1v) is 23.9. The molecule has 2 unspecified atom stereocenters. The fourth-order valence-electron chi connectivity index (χ4n) is 11.2. The first kappa shape index (κ1) is 36.6. The highest BCUT2D eigenvalue weighted by molar-refractivity contribution is 8.33. The Hall–Kier alpha value is -2.41. The molecule has 5 aliphatic rings. The fraction of sp³-hybridized carbons (Fsp3) is 0.587. The molecule has 6 heteroatoms. The molecule has 3 aromatic carbocycles. The molecule has 0 spiro atoms. The summed E-state index contributed by atoms with van der Waals surface area (Å²) in [5.41, 5.74) is 2.75. The number of carbonyl (C=O) groups excluding carboxylic acids is 1.